The number of H-pyrrole nitrogens is 1. The lowest BCUT2D eigenvalue weighted by Crippen LogP contribution is -2.19. The van der Waals surface area contributed by atoms with Gasteiger partial charge in [-0.3, -0.25) is 4.79 Å². The van der Waals surface area contributed by atoms with Crippen LogP contribution in [0.5, 0.6) is 0 Å². The molecule has 1 aromatic heterocycles. The number of rotatable bonds is 4. The molecule has 0 radical (unpaired) electrons. The van der Waals surface area contributed by atoms with E-state index in [0.717, 1.165) is 12.8 Å². The van der Waals surface area contributed by atoms with Crippen molar-refractivity contribution in [3.05, 3.63) is 63.3 Å². The summed E-state index contributed by atoms with van der Waals surface area (Å²) >= 11 is 0. The molecule has 18 heavy (non-hydrogen) atoms. The van der Waals surface area contributed by atoms with Crippen LogP contribution in [0.3, 0.4) is 0 Å². The summed E-state index contributed by atoms with van der Waals surface area (Å²) in [5.74, 6) is 0.707. The van der Waals surface area contributed by atoms with E-state index in [1.165, 1.54) is 11.1 Å². The van der Waals surface area contributed by atoms with E-state index in [1.807, 2.05) is 6.07 Å². The molecular weight excluding hydrogens is 226 g/mol. The van der Waals surface area contributed by atoms with Gasteiger partial charge in [-0.2, -0.15) is 0 Å². The monoisotopic (exact) mass is 243 g/mol. The number of hydrogen-bond acceptors (Lipinski definition) is 3. The van der Waals surface area contributed by atoms with Crippen LogP contribution in [-0.4, -0.2) is 9.97 Å². The third-order valence-corrected chi connectivity index (χ3v) is 2.88. The van der Waals surface area contributed by atoms with E-state index >= 15 is 0 Å². The van der Waals surface area contributed by atoms with Gasteiger partial charge in [0.25, 0.3) is 5.56 Å². The summed E-state index contributed by atoms with van der Waals surface area (Å²) in [5, 5.41) is 0. The van der Waals surface area contributed by atoms with Gasteiger partial charge in [-0.15, -0.1) is 0 Å². The van der Waals surface area contributed by atoms with Gasteiger partial charge in [0.15, 0.2) is 0 Å². The van der Waals surface area contributed by atoms with Crippen molar-refractivity contribution in [1.29, 1.82) is 0 Å². The highest BCUT2D eigenvalue weighted by atomic mass is 16.1. The summed E-state index contributed by atoms with van der Waals surface area (Å²) in [4.78, 5) is 18.5. The molecule has 3 N–H and O–H groups in total. The van der Waals surface area contributed by atoms with Crippen molar-refractivity contribution in [2.75, 3.05) is 0 Å². The van der Waals surface area contributed by atoms with Gasteiger partial charge in [0.05, 0.1) is 0 Å². The largest absolute Gasteiger partial charge is 0.326 e. The van der Waals surface area contributed by atoms with Crippen LogP contribution in [0.1, 0.15) is 22.5 Å². The number of benzene rings is 1. The minimum atomic E-state index is -0.133. The van der Waals surface area contributed by atoms with Crippen molar-refractivity contribution in [3.63, 3.8) is 0 Å². The quantitative estimate of drug-likeness (QED) is 0.850. The molecule has 0 atom stereocenters. The Bertz CT molecular complexity index is 590. The van der Waals surface area contributed by atoms with Crippen LogP contribution in [0, 0.1) is 6.92 Å². The van der Waals surface area contributed by atoms with Crippen molar-refractivity contribution < 1.29 is 0 Å². The Labute approximate surface area is 106 Å². The molecule has 1 aromatic carbocycles. The van der Waals surface area contributed by atoms with E-state index in [0.29, 0.717) is 11.4 Å². The molecule has 0 saturated carbocycles. The number of aryl methyl sites for hydroxylation is 3. The molecule has 0 spiro atoms. The van der Waals surface area contributed by atoms with Gasteiger partial charge in [0.2, 0.25) is 0 Å². The average molecular weight is 243 g/mol. The zero-order valence-corrected chi connectivity index (χ0v) is 10.4. The van der Waals surface area contributed by atoms with Crippen LogP contribution in [-0.2, 0) is 19.4 Å². The van der Waals surface area contributed by atoms with E-state index in [4.69, 9.17) is 5.73 Å². The first-order chi connectivity index (χ1) is 8.69. The van der Waals surface area contributed by atoms with Crippen molar-refractivity contribution >= 4 is 0 Å². The summed E-state index contributed by atoms with van der Waals surface area (Å²) in [7, 11) is 0. The second kappa shape index (κ2) is 5.60. The van der Waals surface area contributed by atoms with Gasteiger partial charge < -0.3 is 10.7 Å². The highest BCUT2D eigenvalue weighted by Gasteiger charge is 2.02. The number of aromatic nitrogens is 2. The van der Waals surface area contributed by atoms with E-state index in [-0.39, 0.29) is 12.1 Å². The number of nitrogens with one attached hydrogen (secondary N) is 1. The zero-order chi connectivity index (χ0) is 13.0. The van der Waals surface area contributed by atoms with Crippen LogP contribution in [0.2, 0.25) is 0 Å². The van der Waals surface area contributed by atoms with Crippen molar-refractivity contribution in [1.82, 2.24) is 9.97 Å². The topological polar surface area (TPSA) is 71.8 Å². The van der Waals surface area contributed by atoms with E-state index in [2.05, 4.69) is 35.1 Å². The first-order valence-electron chi connectivity index (χ1n) is 6.01. The fourth-order valence-electron chi connectivity index (χ4n) is 1.86. The number of nitrogens with zero attached hydrogens (tertiary/aromatic N) is 1. The number of nitrogens with two attached hydrogens (primary N) is 1. The average Bonchev–Trinajstić information content (AvgIpc) is 2.37. The molecule has 0 bridgehead atoms. The maximum Gasteiger partial charge on any atom is 0.255 e. The molecular formula is C14H17N3O. The molecule has 1 heterocycles. The Morgan fingerprint density at radius 2 is 2.17 bits per heavy atom. The molecule has 0 aliphatic rings. The standard InChI is InChI=1S/C14H17N3O/c1-10-3-2-4-11(7-10)5-6-13-16-9-12(8-15)14(18)17-13/h2-4,7,9H,5-6,8,15H2,1H3,(H,16,17,18). The molecule has 0 aliphatic carbocycles. The third kappa shape index (κ3) is 3.05. The summed E-state index contributed by atoms with van der Waals surface area (Å²) in [6, 6.07) is 8.34. The van der Waals surface area contributed by atoms with Gasteiger partial charge >= 0.3 is 0 Å². The Kier molecular flexibility index (Phi) is 3.89. The van der Waals surface area contributed by atoms with Gasteiger partial charge in [0, 0.05) is 24.7 Å². The molecule has 0 aliphatic heterocycles. The number of aromatic amines is 1. The van der Waals surface area contributed by atoms with Gasteiger partial charge in [-0.05, 0) is 18.9 Å². The number of hydrogen-bond donors (Lipinski definition) is 2. The second-order valence-electron chi connectivity index (χ2n) is 4.38. The predicted molar refractivity (Wildman–Crippen MR) is 71.3 cm³/mol. The van der Waals surface area contributed by atoms with Crippen molar-refractivity contribution in [3.8, 4) is 0 Å². The Balaban J connectivity index is 2.06. The fourth-order valence-corrected chi connectivity index (χ4v) is 1.86. The molecule has 0 amide bonds. The Morgan fingerprint density at radius 1 is 1.33 bits per heavy atom. The molecule has 2 aromatic rings. The Hall–Kier alpha value is -1.94. The molecule has 4 nitrogen and oxygen atoms in total. The predicted octanol–water partition coefficient (Wildman–Crippen LogP) is 1.32. The highest BCUT2D eigenvalue weighted by Crippen LogP contribution is 2.06. The van der Waals surface area contributed by atoms with E-state index in [9.17, 15) is 4.79 Å². The Morgan fingerprint density at radius 3 is 2.83 bits per heavy atom. The van der Waals surface area contributed by atoms with E-state index in [1.54, 1.807) is 6.20 Å². The van der Waals surface area contributed by atoms with Crippen LogP contribution >= 0.6 is 0 Å². The fraction of sp³-hybridized carbons (Fsp3) is 0.286. The lowest BCUT2D eigenvalue weighted by Gasteiger charge is -2.03. The maximum absolute atomic E-state index is 11.6. The molecule has 0 saturated heterocycles. The minimum Gasteiger partial charge on any atom is -0.326 e. The maximum atomic E-state index is 11.6. The summed E-state index contributed by atoms with van der Waals surface area (Å²) < 4.78 is 0. The lowest BCUT2D eigenvalue weighted by molar-refractivity contribution is 0.828. The molecule has 2 rings (SSSR count). The van der Waals surface area contributed by atoms with Crippen molar-refractivity contribution in [2.45, 2.75) is 26.3 Å². The van der Waals surface area contributed by atoms with Gasteiger partial charge in [-0.25, -0.2) is 4.98 Å². The SMILES string of the molecule is Cc1cccc(CCc2ncc(CN)c(=O)[nH]2)c1. The zero-order valence-electron chi connectivity index (χ0n) is 10.4. The molecule has 94 valence electrons. The third-order valence-electron chi connectivity index (χ3n) is 2.88. The van der Waals surface area contributed by atoms with Crippen LogP contribution in [0.15, 0.2) is 35.3 Å². The van der Waals surface area contributed by atoms with Crippen LogP contribution in [0.25, 0.3) is 0 Å². The molecule has 0 fully saturated rings. The molecule has 0 unspecified atom stereocenters. The van der Waals surface area contributed by atoms with E-state index < -0.39 is 0 Å². The lowest BCUT2D eigenvalue weighted by atomic mass is 10.1. The molecule has 4 heteroatoms. The smallest absolute Gasteiger partial charge is 0.255 e. The van der Waals surface area contributed by atoms with Crippen molar-refractivity contribution in [2.24, 2.45) is 5.73 Å². The second-order valence-corrected chi connectivity index (χ2v) is 4.38. The summed E-state index contributed by atoms with van der Waals surface area (Å²) in [6.45, 7) is 2.29. The first-order valence-corrected chi connectivity index (χ1v) is 6.01. The van der Waals surface area contributed by atoms with Gasteiger partial charge in [0.1, 0.15) is 5.82 Å². The highest BCUT2D eigenvalue weighted by molar-refractivity contribution is 5.22. The van der Waals surface area contributed by atoms with Gasteiger partial charge in [-0.1, -0.05) is 29.8 Å². The summed E-state index contributed by atoms with van der Waals surface area (Å²) in [5.41, 5.74) is 8.31. The summed E-state index contributed by atoms with van der Waals surface area (Å²) in [6.07, 6.45) is 3.15. The van der Waals surface area contributed by atoms with Crippen LogP contribution < -0.4 is 11.3 Å². The van der Waals surface area contributed by atoms with Crippen LogP contribution in [0.4, 0.5) is 0 Å². The first kappa shape index (κ1) is 12.5. The minimum absolute atomic E-state index is 0.133. The normalized spacial score (nSPS) is 10.6.